The van der Waals surface area contributed by atoms with E-state index in [1.165, 1.54) is 4.31 Å². The van der Waals surface area contributed by atoms with Crippen LogP contribution in [0.1, 0.15) is 36.5 Å². The molecule has 0 amide bonds. The van der Waals surface area contributed by atoms with Gasteiger partial charge in [-0.3, -0.25) is 0 Å². The first-order chi connectivity index (χ1) is 15.2. The average Bonchev–Trinajstić information content (AvgIpc) is 2.80. The number of hydrogen-bond acceptors (Lipinski definition) is 7. The van der Waals surface area contributed by atoms with E-state index in [2.05, 4.69) is 5.32 Å². The molecule has 178 valence electrons. The van der Waals surface area contributed by atoms with Gasteiger partial charge in [0, 0.05) is 38.9 Å². The zero-order valence-corrected chi connectivity index (χ0v) is 20.2. The van der Waals surface area contributed by atoms with Gasteiger partial charge in [0.05, 0.1) is 0 Å². The van der Waals surface area contributed by atoms with Crippen molar-refractivity contribution in [3.05, 3.63) is 47.0 Å². The van der Waals surface area contributed by atoms with Crippen molar-refractivity contribution in [3.8, 4) is 17.2 Å². The number of carbonyl (C=O) groups is 1. The summed E-state index contributed by atoms with van der Waals surface area (Å²) >= 11 is 0. The number of aromatic hydroxyl groups is 1. The van der Waals surface area contributed by atoms with E-state index in [0.717, 1.165) is 18.2 Å². The number of aryl methyl sites for hydroxylation is 2. The number of carbonyl (C=O) groups excluding carboxylic acids is 1. The summed E-state index contributed by atoms with van der Waals surface area (Å²) in [4.78, 5) is 8.18. The second-order valence-electron chi connectivity index (χ2n) is 7.54. The molecular weight excluding hydrogens is 432 g/mol. The number of nitrogens with one attached hydrogen (secondary N) is 1. The number of phenolic OH excluding ortho intramolecular Hbond substituents is 1. The summed E-state index contributed by atoms with van der Waals surface area (Å²) in [5.74, 6) is 1.18. The quantitative estimate of drug-likeness (QED) is 0.620. The minimum absolute atomic E-state index is 0.111. The van der Waals surface area contributed by atoms with E-state index >= 15 is 0 Å². The van der Waals surface area contributed by atoms with Crippen LogP contribution in [0.25, 0.3) is 0 Å². The lowest BCUT2D eigenvalue weighted by atomic mass is 10.00. The molecule has 1 aliphatic rings. The predicted molar refractivity (Wildman–Crippen MR) is 125 cm³/mol. The molecule has 3 N–H and O–H groups in total. The molecule has 0 saturated carbocycles. The smallest absolute Gasteiger partial charge is 0.246 e. The molecule has 0 aliphatic carbocycles. The van der Waals surface area contributed by atoms with Crippen LogP contribution in [0.3, 0.4) is 0 Å². The third kappa shape index (κ3) is 6.52. The molecule has 2 aromatic rings. The van der Waals surface area contributed by atoms with Crippen LogP contribution in [0.15, 0.2) is 35.2 Å². The Labute approximate surface area is 190 Å². The van der Waals surface area contributed by atoms with E-state index < -0.39 is 10.0 Å². The SMILES string of the molecule is C=O.CO.Cc1ccc(Oc2cc(C)c(O)cc2C(C)C)c(S(=O)(=O)N2CCNCC2)c1. The fourth-order valence-electron chi connectivity index (χ4n) is 3.27. The van der Waals surface area contributed by atoms with Gasteiger partial charge in [-0.05, 0) is 55.2 Å². The van der Waals surface area contributed by atoms with Gasteiger partial charge in [0.15, 0.2) is 0 Å². The van der Waals surface area contributed by atoms with Crippen LogP contribution < -0.4 is 10.1 Å². The fraction of sp³-hybridized carbons (Fsp3) is 0.435. The molecule has 1 saturated heterocycles. The first kappa shape index (κ1) is 27.6. The van der Waals surface area contributed by atoms with E-state index in [1.54, 1.807) is 31.2 Å². The van der Waals surface area contributed by atoms with Gasteiger partial charge in [-0.15, -0.1) is 0 Å². The number of piperazine rings is 1. The van der Waals surface area contributed by atoms with E-state index in [0.29, 0.717) is 43.2 Å². The molecule has 3 rings (SSSR count). The number of hydrogen-bond donors (Lipinski definition) is 3. The highest BCUT2D eigenvalue weighted by molar-refractivity contribution is 7.89. The number of ether oxygens (including phenoxy) is 1. The molecule has 0 radical (unpaired) electrons. The minimum Gasteiger partial charge on any atom is -0.508 e. The normalized spacial score (nSPS) is 14.1. The Morgan fingerprint density at radius 1 is 1.03 bits per heavy atom. The topological polar surface area (TPSA) is 116 Å². The van der Waals surface area contributed by atoms with Gasteiger partial charge in [-0.25, -0.2) is 8.42 Å². The van der Waals surface area contributed by atoms with Gasteiger partial charge in [0.2, 0.25) is 10.0 Å². The molecule has 1 heterocycles. The summed E-state index contributed by atoms with van der Waals surface area (Å²) in [6.45, 7) is 11.8. The zero-order valence-electron chi connectivity index (χ0n) is 19.4. The Balaban J connectivity index is 0.00000121. The highest BCUT2D eigenvalue weighted by Crippen LogP contribution is 2.38. The van der Waals surface area contributed by atoms with Crippen molar-refractivity contribution in [2.45, 2.75) is 38.5 Å². The Hall–Kier alpha value is -2.46. The van der Waals surface area contributed by atoms with Crippen LogP contribution in [0.4, 0.5) is 0 Å². The predicted octanol–water partition coefficient (Wildman–Crippen LogP) is 2.94. The van der Waals surface area contributed by atoms with Gasteiger partial charge in [0.25, 0.3) is 0 Å². The summed E-state index contributed by atoms with van der Waals surface area (Å²) < 4.78 is 34.2. The number of phenols is 1. The summed E-state index contributed by atoms with van der Waals surface area (Å²) in [6, 6.07) is 8.65. The summed E-state index contributed by atoms with van der Waals surface area (Å²) in [6.07, 6.45) is 0. The maximum atomic E-state index is 13.3. The lowest BCUT2D eigenvalue weighted by Crippen LogP contribution is -2.46. The molecule has 1 fully saturated rings. The second kappa shape index (κ2) is 12.5. The Morgan fingerprint density at radius 2 is 1.62 bits per heavy atom. The lowest BCUT2D eigenvalue weighted by Gasteiger charge is -2.27. The number of sulfonamides is 1. The van der Waals surface area contributed by atoms with Crippen LogP contribution in [0.5, 0.6) is 17.2 Å². The molecule has 1 aliphatic heterocycles. The average molecular weight is 467 g/mol. The Bertz CT molecular complexity index is 986. The maximum absolute atomic E-state index is 13.3. The van der Waals surface area contributed by atoms with Crippen LogP contribution in [-0.4, -0.2) is 63.0 Å². The van der Waals surface area contributed by atoms with E-state index in [4.69, 9.17) is 14.6 Å². The van der Waals surface area contributed by atoms with Gasteiger partial charge in [-0.1, -0.05) is 19.9 Å². The van der Waals surface area contributed by atoms with Crippen molar-refractivity contribution in [2.24, 2.45) is 0 Å². The minimum atomic E-state index is -3.67. The summed E-state index contributed by atoms with van der Waals surface area (Å²) in [5, 5.41) is 20.2. The molecule has 0 spiro atoms. The maximum Gasteiger partial charge on any atom is 0.246 e. The second-order valence-corrected chi connectivity index (χ2v) is 9.44. The molecule has 0 bridgehead atoms. The van der Waals surface area contributed by atoms with Crippen molar-refractivity contribution in [2.75, 3.05) is 33.3 Å². The van der Waals surface area contributed by atoms with Gasteiger partial charge in [-0.2, -0.15) is 4.31 Å². The van der Waals surface area contributed by atoms with Crippen molar-refractivity contribution < 1.29 is 28.2 Å². The molecule has 0 aromatic heterocycles. The number of nitrogens with zero attached hydrogens (tertiary/aromatic N) is 1. The molecule has 32 heavy (non-hydrogen) atoms. The number of benzene rings is 2. The number of aliphatic hydroxyl groups excluding tert-OH is 1. The molecule has 0 unspecified atom stereocenters. The van der Waals surface area contributed by atoms with E-state index in [1.807, 2.05) is 33.6 Å². The first-order valence-electron chi connectivity index (χ1n) is 10.3. The van der Waals surface area contributed by atoms with Crippen molar-refractivity contribution in [3.63, 3.8) is 0 Å². The molecule has 2 aromatic carbocycles. The van der Waals surface area contributed by atoms with Crippen LogP contribution in [-0.2, 0) is 14.8 Å². The largest absolute Gasteiger partial charge is 0.508 e. The van der Waals surface area contributed by atoms with Crippen molar-refractivity contribution in [1.82, 2.24) is 9.62 Å². The highest BCUT2D eigenvalue weighted by Gasteiger charge is 2.29. The van der Waals surface area contributed by atoms with E-state index in [-0.39, 0.29) is 16.6 Å². The molecule has 8 nitrogen and oxygen atoms in total. The highest BCUT2D eigenvalue weighted by atomic mass is 32.2. The number of aliphatic hydroxyl groups is 1. The zero-order chi connectivity index (χ0) is 24.5. The molecule has 9 heteroatoms. The van der Waals surface area contributed by atoms with E-state index in [9.17, 15) is 13.5 Å². The Morgan fingerprint density at radius 3 is 2.19 bits per heavy atom. The summed E-state index contributed by atoms with van der Waals surface area (Å²) in [7, 11) is -2.67. The third-order valence-corrected chi connectivity index (χ3v) is 6.88. The summed E-state index contributed by atoms with van der Waals surface area (Å²) in [5.41, 5.74) is 2.36. The van der Waals surface area contributed by atoms with Crippen molar-refractivity contribution in [1.29, 1.82) is 0 Å². The first-order valence-corrected chi connectivity index (χ1v) is 11.7. The lowest BCUT2D eigenvalue weighted by molar-refractivity contribution is -0.0980. The standard InChI is InChI=1S/C21H28N2O4S.CH4O.CH2O/c1-14(2)17-13-18(24)16(4)12-20(17)27-19-6-5-15(3)11-21(19)28(25,26)23-9-7-22-8-10-23;2*1-2/h5-6,11-14,22,24H,7-10H2,1-4H3;2H,1H3;1H2. The van der Waals surface area contributed by atoms with Crippen LogP contribution in [0, 0.1) is 13.8 Å². The van der Waals surface area contributed by atoms with Crippen LogP contribution in [0.2, 0.25) is 0 Å². The monoisotopic (exact) mass is 466 g/mol. The van der Waals surface area contributed by atoms with Crippen LogP contribution >= 0.6 is 0 Å². The number of rotatable bonds is 5. The third-order valence-electron chi connectivity index (χ3n) is 4.96. The molecule has 0 atom stereocenters. The van der Waals surface area contributed by atoms with Gasteiger partial charge >= 0.3 is 0 Å². The Kier molecular flexibility index (Phi) is 10.8. The van der Waals surface area contributed by atoms with Gasteiger partial charge in [0.1, 0.15) is 28.9 Å². The molecular formula is C23H34N2O6S. The van der Waals surface area contributed by atoms with Crippen molar-refractivity contribution >= 4 is 16.8 Å². The van der Waals surface area contributed by atoms with Gasteiger partial charge < -0.3 is 25.1 Å². The fourth-order valence-corrected chi connectivity index (χ4v) is 4.91.